The van der Waals surface area contributed by atoms with Gasteiger partial charge in [-0.1, -0.05) is 30.3 Å². The van der Waals surface area contributed by atoms with Crippen molar-refractivity contribution >= 4 is 18.1 Å². The lowest BCUT2D eigenvalue weighted by Crippen LogP contribution is -2.00. The second-order valence-corrected chi connectivity index (χ2v) is 2.85. The van der Waals surface area contributed by atoms with Gasteiger partial charge in [-0.2, -0.15) is 4.79 Å². The molecular weight excluding hydrogens is 176 g/mol. The summed E-state index contributed by atoms with van der Waals surface area (Å²) >= 11 is 0. The molecule has 0 fully saturated rings. The third-order valence-corrected chi connectivity index (χ3v) is 1.75. The van der Waals surface area contributed by atoms with E-state index in [1.54, 1.807) is 13.0 Å². The highest BCUT2D eigenvalue weighted by molar-refractivity contribution is 6.34. The molecule has 0 aliphatic rings. The Balaban J connectivity index is 2.89. The van der Waals surface area contributed by atoms with Crippen molar-refractivity contribution in [3.8, 4) is 0 Å². The Morgan fingerprint density at radius 3 is 2.57 bits per heavy atom. The zero-order valence-electron chi connectivity index (χ0n) is 7.84. The van der Waals surface area contributed by atoms with Crippen LogP contribution in [-0.4, -0.2) is 16.8 Å². The van der Waals surface area contributed by atoms with E-state index in [9.17, 15) is 4.79 Å². The fourth-order valence-corrected chi connectivity index (χ4v) is 1.02. The van der Waals surface area contributed by atoms with Gasteiger partial charge < -0.3 is 5.53 Å². The smallest absolute Gasteiger partial charge is 0.327 e. The van der Waals surface area contributed by atoms with E-state index < -0.39 is 0 Å². The van der Waals surface area contributed by atoms with Crippen LogP contribution in [0.3, 0.4) is 0 Å². The van der Waals surface area contributed by atoms with Crippen LogP contribution >= 0.6 is 0 Å². The van der Waals surface area contributed by atoms with E-state index in [1.165, 1.54) is 0 Å². The Morgan fingerprint density at radius 1 is 1.36 bits per heavy atom. The van der Waals surface area contributed by atoms with Crippen molar-refractivity contribution in [1.82, 2.24) is 0 Å². The van der Waals surface area contributed by atoms with Crippen LogP contribution in [0.15, 0.2) is 35.9 Å². The molecule has 1 aromatic rings. The molecule has 0 radical (unpaired) electrons. The first-order chi connectivity index (χ1) is 6.74. The van der Waals surface area contributed by atoms with Gasteiger partial charge in [0.25, 0.3) is 5.78 Å². The van der Waals surface area contributed by atoms with Crippen LogP contribution in [0.2, 0.25) is 0 Å². The number of hydrogen-bond acceptors (Lipinski definition) is 1. The van der Waals surface area contributed by atoms with Crippen molar-refractivity contribution in [2.45, 2.75) is 6.92 Å². The summed E-state index contributed by atoms with van der Waals surface area (Å²) in [5.74, 6) is -0.295. The van der Waals surface area contributed by atoms with Crippen LogP contribution in [0.4, 0.5) is 0 Å². The average molecular weight is 186 g/mol. The standard InChI is InChI=1S/C11H10N2O/c1-9(11(14)8-13-12)7-10-5-3-2-4-6-10/h2-8H,1H3. The van der Waals surface area contributed by atoms with E-state index >= 15 is 0 Å². The maximum Gasteiger partial charge on any atom is 0.327 e. The molecule has 0 amide bonds. The Bertz CT molecular complexity index is 401. The lowest BCUT2D eigenvalue weighted by Gasteiger charge is -1.93. The molecule has 0 saturated carbocycles. The molecule has 1 rings (SSSR count). The first-order valence-electron chi connectivity index (χ1n) is 4.19. The number of ketones is 1. The molecule has 0 atom stereocenters. The first kappa shape index (κ1) is 10.1. The third-order valence-electron chi connectivity index (χ3n) is 1.75. The average Bonchev–Trinajstić information content (AvgIpc) is 2.19. The van der Waals surface area contributed by atoms with Gasteiger partial charge in [0.2, 0.25) is 0 Å². The predicted octanol–water partition coefficient (Wildman–Crippen LogP) is 1.96. The maximum absolute atomic E-state index is 11.2. The van der Waals surface area contributed by atoms with Crippen LogP contribution in [0.1, 0.15) is 12.5 Å². The van der Waals surface area contributed by atoms with E-state index in [2.05, 4.69) is 4.79 Å². The van der Waals surface area contributed by atoms with Gasteiger partial charge in [0.05, 0.1) is 0 Å². The second-order valence-electron chi connectivity index (χ2n) is 2.85. The number of hydrogen-bond donors (Lipinski definition) is 0. The van der Waals surface area contributed by atoms with Crippen molar-refractivity contribution in [3.63, 3.8) is 0 Å². The van der Waals surface area contributed by atoms with Crippen LogP contribution in [-0.2, 0) is 4.79 Å². The number of carbonyl (C=O) groups is 1. The van der Waals surface area contributed by atoms with E-state index in [0.29, 0.717) is 5.57 Å². The maximum atomic E-state index is 11.2. The van der Waals surface area contributed by atoms with Crippen LogP contribution in [0.5, 0.6) is 0 Å². The fraction of sp³-hybridized carbons (Fsp3) is 0.0909. The van der Waals surface area contributed by atoms with E-state index in [-0.39, 0.29) is 5.78 Å². The predicted molar refractivity (Wildman–Crippen MR) is 54.8 cm³/mol. The minimum Gasteiger partial charge on any atom is -0.361 e. The normalized spacial score (nSPS) is 10.5. The summed E-state index contributed by atoms with van der Waals surface area (Å²) in [5.41, 5.74) is 9.66. The Morgan fingerprint density at radius 2 is 2.00 bits per heavy atom. The summed E-state index contributed by atoms with van der Waals surface area (Å²) < 4.78 is 0. The van der Waals surface area contributed by atoms with Crippen LogP contribution in [0, 0.1) is 0 Å². The zero-order valence-corrected chi connectivity index (χ0v) is 7.84. The quantitative estimate of drug-likeness (QED) is 0.308. The van der Waals surface area contributed by atoms with Crippen LogP contribution in [0.25, 0.3) is 11.6 Å². The van der Waals surface area contributed by atoms with Gasteiger partial charge in [0.15, 0.2) is 0 Å². The minimum atomic E-state index is -0.295. The number of nitrogens with zero attached hydrogens (tertiary/aromatic N) is 2. The van der Waals surface area contributed by atoms with Gasteiger partial charge in [-0.3, -0.25) is 4.79 Å². The molecular formula is C11H10N2O. The molecule has 3 nitrogen and oxygen atoms in total. The Labute approximate surface area is 82.3 Å². The zero-order chi connectivity index (χ0) is 10.4. The molecule has 0 bridgehead atoms. The van der Waals surface area contributed by atoms with Crippen molar-refractivity contribution in [2.24, 2.45) is 0 Å². The summed E-state index contributed by atoms with van der Waals surface area (Å²) in [6, 6.07) is 9.48. The molecule has 0 aliphatic heterocycles. The van der Waals surface area contributed by atoms with Gasteiger partial charge in [-0.15, -0.1) is 0 Å². The van der Waals surface area contributed by atoms with Crippen LogP contribution < -0.4 is 0 Å². The molecule has 70 valence electrons. The molecule has 0 aliphatic carbocycles. The molecule has 1 aromatic carbocycles. The Hall–Kier alpha value is -1.99. The highest BCUT2D eigenvalue weighted by Crippen LogP contribution is 2.05. The summed E-state index contributed by atoms with van der Waals surface area (Å²) in [6.45, 7) is 1.68. The summed E-state index contributed by atoms with van der Waals surface area (Å²) in [5, 5.41) is 0. The number of Topliss-reactive ketones (excluding diaryl/α,β-unsaturated/α-hetero) is 1. The topological polar surface area (TPSA) is 53.5 Å². The molecule has 14 heavy (non-hydrogen) atoms. The summed E-state index contributed by atoms with van der Waals surface area (Å²) in [7, 11) is 0. The van der Waals surface area contributed by atoms with Gasteiger partial charge in [-0.05, 0) is 18.6 Å². The largest absolute Gasteiger partial charge is 0.361 e. The van der Waals surface area contributed by atoms with Crippen molar-refractivity contribution in [1.29, 1.82) is 0 Å². The highest BCUT2D eigenvalue weighted by Gasteiger charge is 2.04. The second kappa shape index (κ2) is 4.90. The fourth-order valence-electron chi connectivity index (χ4n) is 1.02. The molecule has 0 aromatic heterocycles. The highest BCUT2D eigenvalue weighted by atomic mass is 16.1. The van der Waals surface area contributed by atoms with E-state index in [0.717, 1.165) is 11.8 Å². The monoisotopic (exact) mass is 186 g/mol. The van der Waals surface area contributed by atoms with Gasteiger partial charge in [0.1, 0.15) is 0 Å². The molecule has 0 heterocycles. The molecule has 0 N–H and O–H groups in total. The summed E-state index contributed by atoms with van der Waals surface area (Å²) in [6.07, 6.45) is 2.62. The lowest BCUT2D eigenvalue weighted by molar-refractivity contribution is -0.112. The van der Waals surface area contributed by atoms with Crippen molar-refractivity contribution in [3.05, 3.63) is 47.0 Å². The molecule has 0 saturated heterocycles. The molecule has 3 heteroatoms. The summed E-state index contributed by atoms with van der Waals surface area (Å²) in [4.78, 5) is 13.9. The van der Waals surface area contributed by atoms with Gasteiger partial charge in [0, 0.05) is 5.57 Å². The number of allylic oxidation sites excluding steroid dienone is 1. The van der Waals surface area contributed by atoms with Gasteiger partial charge in [-0.25, -0.2) is 0 Å². The SMILES string of the molecule is CC(=Cc1ccccc1)C(=O)C=[N+]=[N-]. The van der Waals surface area contributed by atoms with Crippen molar-refractivity contribution in [2.75, 3.05) is 0 Å². The first-order valence-corrected chi connectivity index (χ1v) is 4.19. The molecule has 0 spiro atoms. The minimum absolute atomic E-state index is 0.295. The number of rotatable bonds is 3. The molecule has 0 unspecified atom stereocenters. The van der Waals surface area contributed by atoms with Gasteiger partial charge >= 0.3 is 6.21 Å². The van der Waals surface area contributed by atoms with Crippen molar-refractivity contribution < 1.29 is 9.58 Å². The van der Waals surface area contributed by atoms with E-state index in [4.69, 9.17) is 5.53 Å². The number of benzene rings is 1. The van der Waals surface area contributed by atoms with E-state index in [1.807, 2.05) is 30.3 Å². The Kier molecular flexibility index (Phi) is 3.53. The third kappa shape index (κ3) is 2.81. The number of carbonyl (C=O) groups excluding carboxylic acids is 1. The lowest BCUT2D eigenvalue weighted by atomic mass is 10.1.